The van der Waals surface area contributed by atoms with E-state index in [9.17, 15) is 0 Å². The third kappa shape index (κ3) is 1.75. The third-order valence-electron chi connectivity index (χ3n) is 3.39. The Labute approximate surface area is 91.9 Å². The summed E-state index contributed by atoms with van der Waals surface area (Å²) < 4.78 is 1.97. The number of rotatable bonds is 0. The van der Waals surface area contributed by atoms with E-state index in [1.807, 2.05) is 11.7 Å². The molecule has 1 aromatic heterocycles. The van der Waals surface area contributed by atoms with Crippen LogP contribution in [0.3, 0.4) is 0 Å². The molecule has 2 heterocycles. The summed E-state index contributed by atoms with van der Waals surface area (Å²) >= 11 is 0. The Morgan fingerprint density at radius 1 is 1.40 bits per heavy atom. The number of nitrogens with one attached hydrogen (secondary N) is 1. The van der Waals surface area contributed by atoms with E-state index in [2.05, 4.69) is 38.1 Å². The Bertz CT molecular complexity index is 371. The zero-order valence-corrected chi connectivity index (χ0v) is 10.4. The summed E-state index contributed by atoms with van der Waals surface area (Å²) in [5.41, 5.74) is 2.89. The molecule has 3 heteroatoms. The highest BCUT2D eigenvalue weighted by Crippen LogP contribution is 2.33. The molecule has 0 unspecified atom stereocenters. The van der Waals surface area contributed by atoms with Gasteiger partial charge in [0, 0.05) is 18.7 Å². The molecular weight excluding hydrogens is 186 g/mol. The van der Waals surface area contributed by atoms with Gasteiger partial charge in [-0.2, -0.15) is 5.10 Å². The maximum atomic E-state index is 4.46. The van der Waals surface area contributed by atoms with Crippen molar-refractivity contribution < 1.29 is 0 Å². The van der Waals surface area contributed by atoms with Gasteiger partial charge in [-0.05, 0) is 25.2 Å². The molecule has 1 aliphatic rings. The zero-order chi connectivity index (χ0) is 11.2. The molecule has 0 radical (unpaired) electrons. The Morgan fingerprint density at radius 3 is 2.67 bits per heavy atom. The van der Waals surface area contributed by atoms with E-state index in [1.165, 1.54) is 23.5 Å². The van der Waals surface area contributed by atoms with Crippen molar-refractivity contribution in [1.29, 1.82) is 0 Å². The van der Waals surface area contributed by atoms with Gasteiger partial charge in [0.2, 0.25) is 0 Å². The summed E-state index contributed by atoms with van der Waals surface area (Å²) in [5, 5.41) is 8.09. The summed E-state index contributed by atoms with van der Waals surface area (Å²) in [6.07, 6.45) is 2.37. The van der Waals surface area contributed by atoms with E-state index in [0.29, 0.717) is 11.5 Å². The minimum atomic E-state index is 0.315. The lowest BCUT2D eigenvalue weighted by atomic mass is 9.81. The second-order valence-electron chi connectivity index (χ2n) is 5.64. The van der Waals surface area contributed by atoms with Crippen LogP contribution in [0.2, 0.25) is 0 Å². The lowest BCUT2D eigenvalue weighted by Crippen LogP contribution is -2.37. The van der Waals surface area contributed by atoms with Crippen molar-refractivity contribution in [3.05, 3.63) is 11.3 Å². The summed E-state index contributed by atoms with van der Waals surface area (Å²) in [7, 11) is 2.02. The molecule has 0 saturated carbocycles. The van der Waals surface area contributed by atoms with Crippen LogP contribution < -0.4 is 5.32 Å². The molecule has 3 nitrogen and oxygen atoms in total. The molecule has 0 spiro atoms. The quantitative estimate of drug-likeness (QED) is 0.708. The van der Waals surface area contributed by atoms with Crippen LogP contribution in [-0.4, -0.2) is 15.8 Å². The summed E-state index contributed by atoms with van der Waals surface area (Å²) in [5.74, 6) is 1.22. The predicted octanol–water partition coefficient (Wildman–Crippen LogP) is 2.50. The fourth-order valence-corrected chi connectivity index (χ4v) is 2.36. The predicted molar refractivity (Wildman–Crippen MR) is 63.1 cm³/mol. The van der Waals surface area contributed by atoms with Gasteiger partial charge in [0.1, 0.15) is 5.82 Å². The second-order valence-corrected chi connectivity index (χ2v) is 5.64. The first-order valence-electron chi connectivity index (χ1n) is 5.68. The molecule has 0 fully saturated rings. The summed E-state index contributed by atoms with van der Waals surface area (Å²) in [6.45, 7) is 8.97. The Hall–Kier alpha value is -0.990. The minimum absolute atomic E-state index is 0.315. The maximum absolute atomic E-state index is 4.46. The molecule has 1 atom stereocenters. The number of hydrogen-bond donors (Lipinski definition) is 1. The number of fused-ring (bicyclic) bond motifs is 1. The average molecular weight is 207 g/mol. The molecule has 84 valence electrons. The minimum Gasteiger partial charge on any atom is -0.367 e. The highest BCUT2D eigenvalue weighted by Gasteiger charge is 2.30. The van der Waals surface area contributed by atoms with Gasteiger partial charge in [-0.25, -0.2) is 0 Å². The van der Waals surface area contributed by atoms with E-state index in [1.54, 1.807) is 0 Å². The van der Waals surface area contributed by atoms with Gasteiger partial charge in [-0.15, -0.1) is 0 Å². The van der Waals surface area contributed by atoms with E-state index in [0.717, 1.165) is 6.42 Å². The normalized spacial score (nSPS) is 21.0. The molecular formula is C12H21N3. The smallest absolute Gasteiger partial charge is 0.127 e. The van der Waals surface area contributed by atoms with Gasteiger partial charge < -0.3 is 5.32 Å². The van der Waals surface area contributed by atoms with E-state index < -0.39 is 0 Å². The van der Waals surface area contributed by atoms with Crippen LogP contribution in [0.25, 0.3) is 0 Å². The van der Waals surface area contributed by atoms with Gasteiger partial charge in [-0.3, -0.25) is 4.68 Å². The van der Waals surface area contributed by atoms with Crippen LogP contribution in [0.5, 0.6) is 0 Å². The highest BCUT2D eigenvalue weighted by molar-refractivity contribution is 5.50. The molecule has 1 aliphatic heterocycles. The molecule has 15 heavy (non-hydrogen) atoms. The largest absolute Gasteiger partial charge is 0.367 e. The van der Waals surface area contributed by atoms with Crippen molar-refractivity contribution in [3.8, 4) is 0 Å². The van der Waals surface area contributed by atoms with Crippen molar-refractivity contribution in [3.63, 3.8) is 0 Å². The van der Waals surface area contributed by atoms with Gasteiger partial charge in [-0.1, -0.05) is 20.8 Å². The molecule has 0 aliphatic carbocycles. The third-order valence-corrected chi connectivity index (χ3v) is 3.39. The zero-order valence-electron chi connectivity index (χ0n) is 10.4. The van der Waals surface area contributed by atoms with Crippen LogP contribution in [0.4, 0.5) is 5.82 Å². The fourth-order valence-electron chi connectivity index (χ4n) is 2.36. The van der Waals surface area contributed by atoms with Crippen molar-refractivity contribution in [1.82, 2.24) is 9.78 Å². The Morgan fingerprint density at radius 2 is 2.07 bits per heavy atom. The Balaban J connectivity index is 2.31. The average Bonchev–Trinajstić information content (AvgIpc) is 2.41. The summed E-state index contributed by atoms with van der Waals surface area (Å²) in [6, 6.07) is 0.555. The lowest BCUT2D eigenvalue weighted by molar-refractivity contribution is 0.319. The van der Waals surface area contributed by atoms with Gasteiger partial charge >= 0.3 is 0 Å². The van der Waals surface area contributed by atoms with Crippen molar-refractivity contribution in [2.24, 2.45) is 12.5 Å². The first-order chi connectivity index (χ1) is 6.89. The standard InChI is InChI=1S/C12H21N3/c1-8-9-6-7-10(12(2,3)4)13-11(9)15(5)14-8/h10,13H,6-7H2,1-5H3/t10-/m1/s1. The molecule has 0 saturated heterocycles. The van der Waals surface area contributed by atoms with Crippen molar-refractivity contribution in [2.45, 2.75) is 46.6 Å². The van der Waals surface area contributed by atoms with Crippen LogP contribution in [0.1, 0.15) is 38.4 Å². The van der Waals surface area contributed by atoms with Crippen LogP contribution in [0, 0.1) is 12.3 Å². The monoisotopic (exact) mass is 207 g/mol. The maximum Gasteiger partial charge on any atom is 0.127 e. The SMILES string of the molecule is Cc1nn(C)c2c1CC[C@H](C(C)(C)C)N2. The fraction of sp³-hybridized carbons (Fsp3) is 0.750. The van der Waals surface area contributed by atoms with E-state index in [-0.39, 0.29) is 0 Å². The number of anilines is 1. The topological polar surface area (TPSA) is 29.9 Å². The number of nitrogens with zero attached hydrogens (tertiary/aromatic N) is 2. The highest BCUT2D eigenvalue weighted by atomic mass is 15.3. The lowest BCUT2D eigenvalue weighted by Gasteiger charge is -2.35. The van der Waals surface area contributed by atoms with Gasteiger partial charge in [0.05, 0.1) is 5.69 Å². The molecule has 2 rings (SSSR count). The second kappa shape index (κ2) is 3.26. The molecule has 0 bridgehead atoms. The first kappa shape index (κ1) is 10.5. The van der Waals surface area contributed by atoms with Crippen molar-refractivity contribution in [2.75, 3.05) is 5.32 Å². The van der Waals surface area contributed by atoms with Crippen LogP contribution in [0.15, 0.2) is 0 Å². The van der Waals surface area contributed by atoms with E-state index >= 15 is 0 Å². The molecule has 1 aromatic rings. The summed E-state index contributed by atoms with van der Waals surface area (Å²) in [4.78, 5) is 0. The van der Waals surface area contributed by atoms with Crippen molar-refractivity contribution >= 4 is 5.82 Å². The van der Waals surface area contributed by atoms with Gasteiger partial charge in [0.25, 0.3) is 0 Å². The first-order valence-corrected chi connectivity index (χ1v) is 5.68. The number of aryl methyl sites for hydroxylation is 2. The molecule has 0 aromatic carbocycles. The van der Waals surface area contributed by atoms with E-state index in [4.69, 9.17) is 0 Å². The van der Waals surface area contributed by atoms with Gasteiger partial charge in [0.15, 0.2) is 0 Å². The molecule has 0 amide bonds. The number of hydrogen-bond acceptors (Lipinski definition) is 2. The molecule has 1 N–H and O–H groups in total. The number of aromatic nitrogens is 2. The van der Waals surface area contributed by atoms with Crippen LogP contribution >= 0.6 is 0 Å². The Kier molecular flexibility index (Phi) is 2.28. The van der Waals surface area contributed by atoms with Crippen LogP contribution in [-0.2, 0) is 13.5 Å².